The number of carboxylic acid groups (broad SMARTS) is 2. The molecule has 18 heavy (non-hydrogen) atoms. The molecule has 1 unspecified atom stereocenters. The molecule has 0 saturated carbocycles. The first-order valence-corrected chi connectivity index (χ1v) is 5.42. The van der Waals surface area contributed by atoms with Gasteiger partial charge >= 0.3 is 88.7 Å². The average Bonchev–Trinajstić information content (AvgIpc) is 1.99. The second-order valence-corrected chi connectivity index (χ2v) is 4.26. The zero-order chi connectivity index (χ0) is 12.1. The number of carbonyl (C=O) groups excluding carboxylic acids is 2. The molecule has 1 atom stereocenters. The Morgan fingerprint density at radius 2 is 1.61 bits per heavy atom. The third-order valence-corrected chi connectivity index (χ3v) is 2.13. The summed E-state index contributed by atoms with van der Waals surface area (Å²) in [6, 6.07) is -1.54. The van der Waals surface area contributed by atoms with Crippen LogP contribution >= 0.6 is 0 Å². The summed E-state index contributed by atoms with van der Waals surface area (Å²) < 4.78 is 28.7. The monoisotopic (exact) mass is 308 g/mol. The van der Waals surface area contributed by atoms with Crippen molar-refractivity contribution in [2.75, 3.05) is 12.3 Å². The minimum absolute atomic E-state index is 0. The van der Waals surface area contributed by atoms with Gasteiger partial charge in [-0.1, -0.05) is 0 Å². The summed E-state index contributed by atoms with van der Waals surface area (Å²) >= 11 is 0. The fraction of sp³-hybridized carbons (Fsp3) is 0.667. The minimum atomic E-state index is -4.21. The van der Waals surface area contributed by atoms with Gasteiger partial charge in [-0.25, -0.2) is 0 Å². The van der Waals surface area contributed by atoms with Crippen molar-refractivity contribution < 1.29 is 121 Å². The number of carboxylic acids is 2. The van der Waals surface area contributed by atoms with Crippen molar-refractivity contribution in [3.63, 3.8) is 0 Å². The van der Waals surface area contributed by atoms with Crippen LogP contribution in [-0.2, 0) is 19.7 Å². The third kappa shape index (κ3) is 17.8. The van der Waals surface area contributed by atoms with Crippen molar-refractivity contribution in [1.29, 1.82) is 0 Å². The molecular weight excluding hydrogens is 299 g/mol. The molecule has 2 N–H and O–H groups in total. The standard InChI is InChI=1S/C6H11NO7S.3Na/c8-5(9)3-4(6(10)11)7-1-2-15(12,13)14;;;/h4,7H,1-3H2,(H,8,9)(H,10,11)(H,12,13,14);;;/q;3*+1/p-2. The molecule has 8 nitrogen and oxygen atoms in total. The van der Waals surface area contributed by atoms with E-state index in [9.17, 15) is 28.2 Å². The molecule has 0 bridgehead atoms. The second-order valence-electron chi connectivity index (χ2n) is 2.69. The second kappa shape index (κ2) is 13.8. The normalized spacial score (nSPS) is 11.2. The fourth-order valence-corrected chi connectivity index (χ4v) is 1.14. The molecule has 88 valence electrons. The SMILES string of the molecule is O=C([O-])CC(NCCS(=O)(=O)O)C(=O)[O-].[Na+].[Na+].[Na+]. The van der Waals surface area contributed by atoms with Crippen molar-refractivity contribution in [3.05, 3.63) is 0 Å². The van der Waals surface area contributed by atoms with Crippen LogP contribution in [0.25, 0.3) is 0 Å². The number of nitrogens with one attached hydrogen (secondary N) is 1. The van der Waals surface area contributed by atoms with Crippen LogP contribution in [0.15, 0.2) is 0 Å². The van der Waals surface area contributed by atoms with Crippen LogP contribution in [0.5, 0.6) is 0 Å². The smallest absolute Gasteiger partial charge is 0.550 e. The van der Waals surface area contributed by atoms with E-state index in [1.807, 2.05) is 0 Å². The van der Waals surface area contributed by atoms with E-state index in [-0.39, 0.29) is 88.7 Å². The van der Waals surface area contributed by atoms with Crippen LogP contribution in [0.3, 0.4) is 0 Å². The molecule has 12 heteroatoms. The topological polar surface area (TPSA) is 147 Å². The zero-order valence-corrected chi connectivity index (χ0v) is 17.3. The Labute approximate surface area is 171 Å². The molecule has 0 radical (unpaired) electrons. The maximum atomic E-state index is 10.3. The predicted molar refractivity (Wildman–Crippen MR) is 42.8 cm³/mol. The van der Waals surface area contributed by atoms with Crippen LogP contribution in [0.2, 0.25) is 0 Å². The molecule has 0 aromatic carbocycles. The molecule has 0 aliphatic carbocycles. The van der Waals surface area contributed by atoms with Gasteiger partial charge in [0, 0.05) is 18.9 Å². The van der Waals surface area contributed by atoms with Gasteiger partial charge in [0.25, 0.3) is 10.1 Å². The first-order chi connectivity index (χ1) is 6.72. The van der Waals surface area contributed by atoms with E-state index in [1.165, 1.54) is 0 Å². The van der Waals surface area contributed by atoms with Crippen molar-refractivity contribution in [2.45, 2.75) is 12.5 Å². The molecule has 0 aliphatic rings. The quantitative estimate of drug-likeness (QED) is 0.348. The minimum Gasteiger partial charge on any atom is -0.550 e. The van der Waals surface area contributed by atoms with Crippen LogP contribution in [0, 0.1) is 0 Å². The third-order valence-electron chi connectivity index (χ3n) is 1.41. The molecule has 0 aromatic rings. The maximum Gasteiger partial charge on any atom is 1.00 e. The van der Waals surface area contributed by atoms with Crippen molar-refractivity contribution in [1.82, 2.24) is 5.32 Å². The van der Waals surface area contributed by atoms with Gasteiger partial charge in [-0.15, -0.1) is 0 Å². The summed E-state index contributed by atoms with van der Waals surface area (Å²) in [6.07, 6.45) is -0.839. The Bertz CT molecular complexity index is 347. The van der Waals surface area contributed by atoms with Gasteiger partial charge in [0.2, 0.25) is 0 Å². The fourth-order valence-electron chi connectivity index (χ4n) is 0.768. The first kappa shape index (κ1) is 28.0. The van der Waals surface area contributed by atoms with Gasteiger partial charge in [-0.05, 0) is 0 Å². The van der Waals surface area contributed by atoms with Gasteiger partial charge in [0.05, 0.1) is 17.8 Å². The van der Waals surface area contributed by atoms with Crippen LogP contribution in [0.1, 0.15) is 6.42 Å². The summed E-state index contributed by atoms with van der Waals surface area (Å²) in [5.74, 6) is -4.01. The Hall–Kier alpha value is 1.81. The van der Waals surface area contributed by atoms with Crippen LogP contribution < -0.4 is 104 Å². The molecule has 0 spiro atoms. The molecule has 0 heterocycles. The number of hydrogen-bond acceptors (Lipinski definition) is 7. The largest absolute Gasteiger partial charge is 1.00 e. The Balaban J connectivity index is -0.000000327. The van der Waals surface area contributed by atoms with Gasteiger partial charge < -0.3 is 25.1 Å². The molecule has 0 aliphatic heterocycles. The van der Waals surface area contributed by atoms with Crippen molar-refractivity contribution in [3.8, 4) is 0 Å². The van der Waals surface area contributed by atoms with E-state index in [0.29, 0.717) is 0 Å². The zero-order valence-electron chi connectivity index (χ0n) is 10.5. The van der Waals surface area contributed by atoms with E-state index in [1.54, 1.807) is 0 Å². The molecule has 0 amide bonds. The maximum absolute atomic E-state index is 10.3. The molecule has 0 aromatic heterocycles. The number of carbonyl (C=O) groups is 2. The van der Waals surface area contributed by atoms with E-state index in [4.69, 9.17) is 4.55 Å². The van der Waals surface area contributed by atoms with Gasteiger partial charge in [0.15, 0.2) is 0 Å². The summed E-state index contributed by atoms with van der Waals surface area (Å²) in [6.45, 7) is -0.398. The van der Waals surface area contributed by atoms with Gasteiger partial charge in [0.1, 0.15) is 0 Å². The predicted octanol–water partition coefficient (Wildman–Crippen LogP) is -13.3. The van der Waals surface area contributed by atoms with E-state index >= 15 is 0 Å². The van der Waals surface area contributed by atoms with Crippen LogP contribution in [0.4, 0.5) is 0 Å². The summed E-state index contributed by atoms with van der Waals surface area (Å²) in [7, 11) is -4.21. The molecule has 0 fully saturated rings. The van der Waals surface area contributed by atoms with Crippen molar-refractivity contribution in [2.24, 2.45) is 0 Å². The van der Waals surface area contributed by atoms with Crippen molar-refractivity contribution >= 4 is 22.1 Å². The molecular formula is C6H9NNa3O7S+. The van der Waals surface area contributed by atoms with Gasteiger partial charge in [-0.3, -0.25) is 4.55 Å². The van der Waals surface area contributed by atoms with E-state index in [2.05, 4.69) is 5.32 Å². The molecule has 0 rings (SSSR count). The van der Waals surface area contributed by atoms with E-state index < -0.39 is 46.8 Å². The Morgan fingerprint density at radius 1 is 1.17 bits per heavy atom. The van der Waals surface area contributed by atoms with E-state index in [0.717, 1.165) is 0 Å². The number of aliphatic carboxylic acids is 2. The average molecular weight is 308 g/mol. The number of hydrogen-bond donors (Lipinski definition) is 2. The first-order valence-electron chi connectivity index (χ1n) is 3.81. The van der Waals surface area contributed by atoms with Crippen LogP contribution in [-0.4, -0.2) is 43.2 Å². The Morgan fingerprint density at radius 3 is 1.89 bits per heavy atom. The number of rotatable bonds is 7. The summed E-state index contributed by atoms with van der Waals surface area (Å²) in [5.41, 5.74) is 0. The van der Waals surface area contributed by atoms with Gasteiger partial charge in [-0.2, -0.15) is 8.42 Å². The summed E-state index contributed by atoms with van der Waals surface area (Å²) in [5, 5.41) is 22.5. The Kier molecular flexibility index (Phi) is 21.5. The summed E-state index contributed by atoms with van der Waals surface area (Å²) in [4.78, 5) is 20.4. The molecule has 0 saturated heterocycles.